The lowest BCUT2D eigenvalue weighted by Crippen LogP contribution is -2.48. The van der Waals surface area contributed by atoms with Crippen molar-refractivity contribution in [1.82, 2.24) is 20.2 Å². The molecule has 1 saturated heterocycles. The molecule has 27 heavy (non-hydrogen) atoms. The van der Waals surface area contributed by atoms with E-state index in [-0.39, 0.29) is 11.9 Å². The molecule has 138 valence electrons. The van der Waals surface area contributed by atoms with Crippen molar-refractivity contribution in [1.29, 1.82) is 0 Å². The SMILES string of the molecule is COc1ccc2nc(C)cc(C(=O)N3CCNCC3c3cccnc3)c2c1. The van der Waals surface area contributed by atoms with E-state index in [9.17, 15) is 4.79 Å². The largest absolute Gasteiger partial charge is 0.497 e. The zero-order valence-electron chi connectivity index (χ0n) is 15.5. The molecule has 6 heteroatoms. The summed E-state index contributed by atoms with van der Waals surface area (Å²) < 4.78 is 5.35. The highest BCUT2D eigenvalue weighted by Crippen LogP contribution is 2.28. The second-order valence-corrected chi connectivity index (χ2v) is 6.70. The third kappa shape index (κ3) is 3.36. The molecule has 0 saturated carbocycles. The summed E-state index contributed by atoms with van der Waals surface area (Å²) >= 11 is 0. The highest BCUT2D eigenvalue weighted by molar-refractivity contribution is 6.06. The number of hydrogen-bond donors (Lipinski definition) is 1. The average molecular weight is 362 g/mol. The van der Waals surface area contributed by atoms with Crippen molar-refractivity contribution in [2.24, 2.45) is 0 Å². The van der Waals surface area contributed by atoms with Gasteiger partial charge in [0.15, 0.2) is 0 Å². The van der Waals surface area contributed by atoms with Crippen molar-refractivity contribution >= 4 is 16.8 Å². The Morgan fingerprint density at radius 1 is 1.30 bits per heavy atom. The van der Waals surface area contributed by atoms with Gasteiger partial charge in [0.25, 0.3) is 5.91 Å². The Hall–Kier alpha value is -2.99. The van der Waals surface area contributed by atoms with Crippen molar-refractivity contribution in [2.75, 3.05) is 26.7 Å². The number of benzene rings is 1. The Balaban J connectivity index is 1.79. The molecule has 3 aromatic rings. The number of aromatic nitrogens is 2. The zero-order valence-corrected chi connectivity index (χ0v) is 15.5. The molecule has 1 atom stereocenters. The quantitative estimate of drug-likeness (QED) is 0.776. The van der Waals surface area contributed by atoms with E-state index < -0.39 is 0 Å². The Morgan fingerprint density at radius 2 is 2.19 bits per heavy atom. The minimum absolute atomic E-state index is 0.00843. The van der Waals surface area contributed by atoms with E-state index >= 15 is 0 Å². The van der Waals surface area contributed by atoms with Crippen LogP contribution in [0.15, 0.2) is 48.8 Å². The van der Waals surface area contributed by atoms with Crippen LogP contribution in [0.5, 0.6) is 5.75 Å². The molecule has 2 aromatic heterocycles. The third-order valence-corrected chi connectivity index (χ3v) is 4.95. The first-order valence-corrected chi connectivity index (χ1v) is 9.04. The number of hydrogen-bond acceptors (Lipinski definition) is 5. The summed E-state index contributed by atoms with van der Waals surface area (Å²) in [5, 5.41) is 4.20. The Kier molecular flexibility index (Phi) is 4.73. The molecule has 0 spiro atoms. The third-order valence-electron chi connectivity index (χ3n) is 4.95. The van der Waals surface area contributed by atoms with Crippen molar-refractivity contribution in [2.45, 2.75) is 13.0 Å². The molecule has 1 unspecified atom stereocenters. The lowest BCUT2D eigenvalue weighted by molar-refractivity contribution is 0.0636. The molecular weight excluding hydrogens is 340 g/mol. The number of ether oxygens (including phenoxy) is 1. The van der Waals surface area contributed by atoms with E-state index in [1.54, 1.807) is 13.3 Å². The van der Waals surface area contributed by atoms with E-state index in [1.165, 1.54) is 0 Å². The molecule has 1 amide bonds. The van der Waals surface area contributed by atoms with Gasteiger partial charge in [-0.3, -0.25) is 14.8 Å². The fourth-order valence-corrected chi connectivity index (χ4v) is 3.61. The van der Waals surface area contributed by atoms with Crippen LogP contribution in [0.25, 0.3) is 10.9 Å². The van der Waals surface area contributed by atoms with Crippen molar-refractivity contribution in [3.05, 3.63) is 65.6 Å². The summed E-state index contributed by atoms with van der Waals surface area (Å²) in [6.45, 7) is 4.04. The normalized spacial score (nSPS) is 17.1. The lowest BCUT2D eigenvalue weighted by atomic mass is 10.0. The van der Waals surface area contributed by atoms with Gasteiger partial charge < -0.3 is 15.0 Å². The summed E-state index contributed by atoms with van der Waals surface area (Å²) in [4.78, 5) is 24.3. The number of pyridine rings is 2. The van der Waals surface area contributed by atoms with Gasteiger partial charge in [-0.1, -0.05) is 6.07 Å². The number of carbonyl (C=O) groups excluding carboxylic acids is 1. The van der Waals surface area contributed by atoms with Gasteiger partial charge >= 0.3 is 0 Å². The molecule has 0 bridgehead atoms. The summed E-state index contributed by atoms with van der Waals surface area (Å²) in [6, 6.07) is 11.4. The number of methoxy groups -OCH3 is 1. The number of piperazine rings is 1. The molecular formula is C21H22N4O2. The summed E-state index contributed by atoms with van der Waals surface area (Å²) in [5.41, 5.74) is 3.31. The number of nitrogens with zero attached hydrogens (tertiary/aromatic N) is 3. The predicted octanol–water partition coefficient (Wildman–Crippen LogP) is 2.73. The molecule has 1 aromatic carbocycles. The van der Waals surface area contributed by atoms with Gasteiger partial charge in [-0.25, -0.2) is 0 Å². The smallest absolute Gasteiger partial charge is 0.255 e. The van der Waals surface area contributed by atoms with Gasteiger partial charge in [0.2, 0.25) is 0 Å². The van der Waals surface area contributed by atoms with Gasteiger partial charge in [-0.15, -0.1) is 0 Å². The monoisotopic (exact) mass is 362 g/mol. The van der Waals surface area contributed by atoms with E-state index in [0.29, 0.717) is 24.4 Å². The van der Waals surface area contributed by atoms with Crippen LogP contribution < -0.4 is 10.1 Å². The zero-order chi connectivity index (χ0) is 18.8. The minimum atomic E-state index is -0.0471. The Morgan fingerprint density at radius 3 is 2.96 bits per heavy atom. The van der Waals surface area contributed by atoms with Crippen molar-refractivity contribution in [3.63, 3.8) is 0 Å². The highest BCUT2D eigenvalue weighted by Gasteiger charge is 2.30. The van der Waals surface area contributed by atoms with Gasteiger partial charge in [-0.05, 0) is 42.8 Å². The van der Waals surface area contributed by atoms with Crippen molar-refractivity contribution in [3.8, 4) is 5.75 Å². The summed E-state index contributed by atoms with van der Waals surface area (Å²) in [6.07, 6.45) is 3.58. The number of amides is 1. The van der Waals surface area contributed by atoms with Crippen LogP contribution in [0, 0.1) is 6.92 Å². The molecule has 1 N–H and O–H groups in total. The number of carbonyl (C=O) groups is 1. The fraction of sp³-hybridized carbons (Fsp3) is 0.286. The van der Waals surface area contributed by atoms with Crippen LogP contribution in [-0.4, -0.2) is 47.5 Å². The second-order valence-electron chi connectivity index (χ2n) is 6.70. The van der Waals surface area contributed by atoms with Gasteiger partial charge in [-0.2, -0.15) is 0 Å². The molecule has 6 nitrogen and oxygen atoms in total. The maximum atomic E-state index is 13.6. The summed E-state index contributed by atoms with van der Waals surface area (Å²) in [7, 11) is 1.62. The lowest BCUT2D eigenvalue weighted by Gasteiger charge is -2.36. The van der Waals surface area contributed by atoms with Gasteiger partial charge in [0, 0.05) is 43.1 Å². The van der Waals surface area contributed by atoms with Crippen LogP contribution in [-0.2, 0) is 0 Å². The van der Waals surface area contributed by atoms with E-state index in [2.05, 4.69) is 15.3 Å². The second kappa shape index (κ2) is 7.32. The maximum absolute atomic E-state index is 13.6. The maximum Gasteiger partial charge on any atom is 0.255 e. The molecule has 1 fully saturated rings. The van der Waals surface area contributed by atoms with Crippen LogP contribution in [0.2, 0.25) is 0 Å². The highest BCUT2D eigenvalue weighted by atomic mass is 16.5. The molecule has 0 radical (unpaired) electrons. The Bertz CT molecular complexity index is 975. The van der Waals surface area contributed by atoms with Gasteiger partial charge in [0.1, 0.15) is 5.75 Å². The topological polar surface area (TPSA) is 67.3 Å². The van der Waals surface area contributed by atoms with Crippen LogP contribution in [0.3, 0.4) is 0 Å². The first-order chi connectivity index (χ1) is 13.2. The number of fused-ring (bicyclic) bond motifs is 1. The first-order valence-electron chi connectivity index (χ1n) is 9.04. The fourth-order valence-electron chi connectivity index (χ4n) is 3.61. The summed E-state index contributed by atoms with van der Waals surface area (Å²) in [5.74, 6) is 0.723. The number of aryl methyl sites for hydroxylation is 1. The molecule has 0 aliphatic carbocycles. The van der Waals surface area contributed by atoms with Gasteiger partial charge in [0.05, 0.1) is 24.2 Å². The average Bonchev–Trinajstić information content (AvgIpc) is 2.73. The van der Waals surface area contributed by atoms with E-state index in [0.717, 1.165) is 28.7 Å². The Labute approximate surface area is 158 Å². The van der Waals surface area contributed by atoms with Crippen LogP contribution >= 0.6 is 0 Å². The molecule has 1 aliphatic heterocycles. The number of rotatable bonds is 3. The van der Waals surface area contributed by atoms with E-state index in [4.69, 9.17) is 4.74 Å². The number of nitrogens with one attached hydrogen (secondary N) is 1. The molecule has 1 aliphatic rings. The molecule has 3 heterocycles. The predicted molar refractivity (Wildman–Crippen MR) is 104 cm³/mol. The van der Waals surface area contributed by atoms with Crippen LogP contribution in [0.1, 0.15) is 27.7 Å². The minimum Gasteiger partial charge on any atom is -0.497 e. The first kappa shape index (κ1) is 17.4. The molecule has 4 rings (SSSR count). The van der Waals surface area contributed by atoms with Crippen molar-refractivity contribution < 1.29 is 9.53 Å². The standard InChI is InChI=1S/C21H22N4O2/c1-14-10-18(17-11-16(27-2)5-6-19(17)24-14)21(26)25-9-8-23-13-20(25)15-4-3-7-22-12-15/h3-7,10-12,20,23H,8-9,13H2,1-2H3. The van der Waals surface area contributed by atoms with E-state index in [1.807, 2.05) is 54.4 Å². The van der Waals surface area contributed by atoms with Crippen LogP contribution in [0.4, 0.5) is 0 Å².